The van der Waals surface area contributed by atoms with Crippen LogP contribution in [0.1, 0.15) is 20.4 Å². The normalized spacial score (nSPS) is 10.9. The van der Waals surface area contributed by atoms with Crippen molar-refractivity contribution in [2.24, 2.45) is 0 Å². The smallest absolute Gasteiger partial charge is 0.264 e. The Hall–Kier alpha value is -2.21. The Kier molecular flexibility index (Phi) is 3.23. The number of fused-ring (bicyclic) bond motifs is 1. The molecule has 3 aromatic heterocycles. The Morgan fingerprint density at radius 2 is 2.15 bits per heavy atom. The molecule has 0 saturated carbocycles. The first-order valence-corrected chi connectivity index (χ1v) is 7.07. The van der Waals surface area contributed by atoms with Crippen molar-refractivity contribution >= 4 is 22.9 Å². The van der Waals surface area contributed by atoms with E-state index in [1.165, 1.54) is 11.3 Å². The standard InChI is InChI=1S/C14H14N4OS/c1-10-6-7-11(20-10)14(19)17(2)9-13-16-15-12-5-3-4-8-18(12)13/h3-8H,9H2,1-2H3. The third kappa shape index (κ3) is 2.30. The second kappa shape index (κ2) is 5.05. The molecule has 20 heavy (non-hydrogen) atoms. The maximum absolute atomic E-state index is 12.3. The van der Waals surface area contributed by atoms with Gasteiger partial charge in [0.2, 0.25) is 0 Å². The summed E-state index contributed by atoms with van der Waals surface area (Å²) in [5, 5.41) is 8.22. The van der Waals surface area contributed by atoms with Crippen molar-refractivity contribution < 1.29 is 4.79 Å². The summed E-state index contributed by atoms with van der Waals surface area (Å²) in [6.07, 6.45) is 1.90. The number of thiophene rings is 1. The van der Waals surface area contributed by atoms with Gasteiger partial charge in [0, 0.05) is 18.1 Å². The summed E-state index contributed by atoms with van der Waals surface area (Å²) in [6.45, 7) is 2.43. The van der Waals surface area contributed by atoms with Gasteiger partial charge in [-0.05, 0) is 31.2 Å². The van der Waals surface area contributed by atoms with Crippen molar-refractivity contribution in [1.82, 2.24) is 19.5 Å². The van der Waals surface area contributed by atoms with Crippen LogP contribution in [0, 0.1) is 6.92 Å². The molecule has 6 heteroatoms. The van der Waals surface area contributed by atoms with Gasteiger partial charge in [0.1, 0.15) is 0 Å². The molecule has 0 bridgehead atoms. The first kappa shape index (κ1) is 12.8. The minimum absolute atomic E-state index is 0.00998. The van der Waals surface area contributed by atoms with Gasteiger partial charge in [-0.2, -0.15) is 0 Å². The molecule has 5 nitrogen and oxygen atoms in total. The highest BCUT2D eigenvalue weighted by Crippen LogP contribution is 2.17. The topological polar surface area (TPSA) is 50.5 Å². The van der Waals surface area contributed by atoms with Crippen LogP contribution in [0.15, 0.2) is 36.5 Å². The zero-order chi connectivity index (χ0) is 14.1. The van der Waals surface area contributed by atoms with Crippen LogP contribution >= 0.6 is 11.3 Å². The molecular weight excluding hydrogens is 272 g/mol. The Balaban J connectivity index is 1.82. The Morgan fingerprint density at radius 3 is 2.90 bits per heavy atom. The van der Waals surface area contributed by atoms with Gasteiger partial charge < -0.3 is 4.90 Å². The van der Waals surface area contributed by atoms with Gasteiger partial charge in [0.05, 0.1) is 11.4 Å². The van der Waals surface area contributed by atoms with Crippen molar-refractivity contribution in [2.45, 2.75) is 13.5 Å². The van der Waals surface area contributed by atoms with E-state index < -0.39 is 0 Å². The first-order chi connectivity index (χ1) is 9.65. The molecule has 3 aromatic rings. The number of hydrogen-bond donors (Lipinski definition) is 0. The molecule has 0 aliphatic heterocycles. The molecule has 0 aromatic carbocycles. The van der Waals surface area contributed by atoms with E-state index in [2.05, 4.69) is 10.2 Å². The van der Waals surface area contributed by atoms with Crippen molar-refractivity contribution in [2.75, 3.05) is 7.05 Å². The van der Waals surface area contributed by atoms with Crippen LogP contribution in [0.25, 0.3) is 5.65 Å². The Labute approximate surface area is 120 Å². The molecule has 102 valence electrons. The van der Waals surface area contributed by atoms with Crippen LogP contribution in [0.5, 0.6) is 0 Å². The molecule has 0 radical (unpaired) electrons. The molecule has 0 unspecified atom stereocenters. The number of rotatable bonds is 3. The monoisotopic (exact) mass is 286 g/mol. The number of hydrogen-bond acceptors (Lipinski definition) is 4. The number of aromatic nitrogens is 3. The van der Waals surface area contributed by atoms with Gasteiger partial charge in [-0.25, -0.2) is 0 Å². The summed E-state index contributed by atoms with van der Waals surface area (Å²) in [7, 11) is 1.78. The van der Waals surface area contributed by atoms with E-state index in [1.807, 2.05) is 47.9 Å². The largest absolute Gasteiger partial charge is 0.333 e. The summed E-state index contributed by atoms with van der Waals surface area (Å²) >= 11 is 1.51. The minimum atomic E-state index is 0.00998. The van der Waals surface area contributed by atoms with E-state index in [1.54, 1.807) is 11.9 Å². The van der Waals surface area contributed by atoms with Gasteiger partial charge in [-0.3, -0.25) is 9.20 Å². The number of carbonyl (C=O) groups is 1. The lowest BCUT2D eigenvalue weighted by Gasteiger charge is -2.14. The summed E-state index contributed by atoms with van der Waals surface area (Å²) in [6, 6.07) is 9.54. The molecule has 0 aliphatic rings. The fourth-order valence-electron chi connectivity index (χ4n) is 2.02. The predicted molar refractivity (Wildman–Crippen MR) is 77.8 cm³/mol. The lowest BCUT2D eigenvalue weighted by Crippen LogP contribution is -2.26. The SMILES string of the molecule is Cc1ccc(C(=O)N(C)Cc2nnc3ccccn23)s1. The van der Waals surface area contributed by atoms with Crippen molar-refractivity contribution in [3.8, 4) is 0 Å². The number of amides is 1. The predicted octanol–water partition coefficient (Wildman–Crippen LogP) is 2.37. The molecule has 0 atom stereocenters. The van der Waals surface area contributed by atoms with E-state index in [9.17, 15) is 4.79 Å². The maximum Gasteiger partial charge on any atom is 0.264 e. The van der Waals surface area contributed by atoms with Gasteiger partial charge in [0.15, 0.2) is 11.5 Å². The number of aryl methyl sites for hydroxylation is 1. The van der Waals surface area contributed by atoms with E-state index in [0.29, 0.717) is 6.54 Å². The van der Waals surface area contributed by atoms with Crippen LogP contribution in [-0.2, 0) is 6.54 Å². The minimum Gasteiger partial charge on any atom is -0.333 e. The average molecular weight is 286 g/mol. The maximum atomic E-state index is 12.3. The Morgan fingerprint density at radius 1 is 1.30 bits per heavy atom. The van der Waals surface area contributed by atoms with Crippen LogP contribution in [0.2, 0.25) is 0 Å². The first-order valence-electron chi connectivity index (χ1n) is 6.25. The Bertz CT molecular complexity index is 761. The quantitative estimate of drug-likeness (QED) is 0.742. The summed E-state index contributed by atoms with van der Waals surface area (Å²) in [4.78, 5) is 15.8. The molecule has 0 spiro atoms. The van der Waals surface area contributed by atoms with Crippen molar-refractivity contribution in [3.05, 3.63) is 52.1 Å². The van der Waals surface area contributed by atoms with Crippen molar-refractivity contribution in [1.29, 1.82) is 0 Å². The van der Waals surface area contributed by atoms with Crippen LogP contribution in [0.3, 0.4) is 0 Å². The lowest BCUT2D eigenvalue weighted by atomic mass is 10.4. The van der Waals surface area contributed by atoms with Crippen LogP contribution < -0.4 is 0 Å². The fourth-order valence-corrected chi connectivity index (χ4v) is 2.88. The number of pyridine rings is 1. The lowest BCUT2D eigenvalue weighted by molar-refractivity contribution is 0.0786. The van der Waals surface area contributed by atoms with Crippen LogP contribution in [-0.4, -0.2) is 32.5 Å². The zero-order valence-corrected chi connectivity index (χ0v) is 12.1. The second-order valence-corrected chi connectivity index (χ2v) is 5.90. The van der Waals surface area contributed by atoms with Gasteiger partial charge in [0.25, 0.3) is 5.91 Å². The van der Waals surface area contributed by atoms with Crippen LogP contribution in [0.4, 0.5) is 0 Å². The fraction of sp³-hybridized carbons (Fsp3) is 0.214. The second-order valence-electron chi connectivity index (χ2n) is 4.62. The van der Waals surface area contributed by atoms with Gasteiger partial charge >= 0.3 is 0 Å². The number of carbonyl (C=O) groups excluding carboxylic acids is 1. The molecule has 3 heterocycles. The van der Waals surface area contributed by atoms with E-state index in [4.69, 9.17) is 0 Å². The van der Waals surface area contributed by atoms with E-state index >= 15 is 0 Å². The van der Waals surface area contributed by atoms with Gasteiger partial charge in [-0.15, -0.1) is 21.5 Å². The average Bonchev–Trinajstić information content (AvgIpc) is 3.05. The molecular formula is C14H14N4OS. The number of nitrogens with zero attached hydrogens (tertiary/aromatic N) is 4. The highest BCUT2D eigenvalue weighted by Gasteiger charge is 2.16. The third-order valence-corrected chi connectivity index (χ3v) is 4.05. The molecule has 0 N–H and O–H groups in total. The molecule has 3 rings (SSSR count). The summed E-state index contributed by atoms with van der Waals surface area (Å²) in [5.41, 5.74) is 0.787. The van der Waals surface area contributed by atoms with E-state index in [-0.39, 0.29) is 5.91 Å². The molecule has 0 aliphatic carbocycles. The molecule has 0 saturated heterocycles. The third-order valence-electron chi connectivity index (χ3n) is 3.06. The van der Waals surface area contributed by atoms with E-state index in [0.717, 1.165) is 21.2 Å². The van der Waals surface area contributed by atoms with Gasteiger partial charge in [-0.1, -0.05) is 6.07 Å². The highest BCUT2D eigenvalue weighted by atomic mass is 32.1. The summed E-state index contributed by atoms with van der Waals surface area (Å²) in [5.74, 6) is 0.764. The highest BCUT2D eigenvalue weighted by molar-refractivity contribution is 7.13. The molecule has 1 amide bonds. The summed E-state index contributed by atoms with van der Waals surface area (Å²) < 4.78 is 1.89. The molecule has 0 fully saturated rings. The zero-order valence-electron chi connectivity index (χ0n) is 11.3. The van der Waals surface area contributed by atoms with Crippen molar-refractivity contribution in [3.63, 3.8) is 0 Å².